The predicted octanol–water partition coefficient (Wildman–Crippen LogP) is 2.29. The SMILES string of the molecule is CC1(C)O[C@H]2[C@@H](O1)[C@@H](/C=C/Br)O[C@@H]1OC(C)(C)O[C@@H]12. The number of rotatable bonds is 1. The van der Waals surface area contributed by atoms with Gasteiger partial charge in [-0.2, -0.15) is 0 Å². The average molecular weight is 335 g/mol. The Morgan fingerprint density at radius 2 is 1.42 bits per heavy atom. The summed E-state index contributed by atoms with van der Waals surface area (Å²) in [6.07, 6.45) is 0.605. The van der Waals surface area contributed by atoms with Crippen LogP contribution in [0.25, 0.3) is 0 Å². The molecule has 0 bridgehead atoms. The first-order valence-electron chi connectivity index (χ1n) is 6.45. The molecule has 3 saturated heterocycles. The smallest absolute Gasteiger partial charge is 0.190 e. The Kier molecular flexibility index (Phi) is 3.32. The van der Waals surface area contributed by atoms with E-state index in [1.165, 1.54) is 0 Å². The summed E-state index contributed by atoms with van der Waals surface area (Å²) in [6.45, 7) is 7.55. The molecule has 3 fully saturated rings. The Bertz CT molecular complexity index is 394. The molecule has 0 saturated carbocycles. The quantitative estimate of drug-likeness (QED) is 0.736. The summed E-state index contributed by atoms with van der Waals surface area (Å²) in [7, 11) is 0. The van der Waals surface area contributed by atoms with Crippen molar-refractivity contribution in [3.63, 3.8) is 0 Å². The van der Waals surface area contributed by atoms with Gasteiger partial charge in [-0.1, -0.05) is 15.9 Å². The minimum atomic E-state index is -0.664. The molecule has 0 aromatic rings. The lowest BCUT2D eigenvalue weighted by atomic mass is 9.99. The van der Waals surface area contributed by atoms with Crippen LogP contribution < -0.4 is 0 Å². The second-order valence-electron chi connectivity index (χ2n) is 5.95. The predicted molar refractivity (Wildman–Crippen MR) is 70.6 cm³/mol. The summed E-state index contributed by atoms with van der Waals surface area (Å²) in [5, 5.41) is 0. The fourth-order valence-corrected chi connectivity index (χ4v) is 3.17. The van der Waals surface area contributed by atoms with Gasteiger partial charge in [0.25, 0.3) is 0 Å². The lowest BCUT2D eigenvalue weighted by Crippen LogP contribution is -2.54. The molecular weight excluding hydrogens is 316 g/mol. The molecule has 0 radical (unpaired) electrons. The van der Waals surface area contributed by atoms with E-state index < -0.39 is 17.9 Å². The Morgan fingerprint density at radius 3 is 2.11 bits per heavy atom. The van der Waals surface area contributed by atoms with Crippen molar-refractivity contribution in [3.8, 4) is 0 Å². The Morgan fingerprint density at radius 1 is 0.842 bits per heavy atom. The number of ether oxygens (including phenoxy) is 5. The highest BCUT2D eigenvalue weighted by atomic mass is 79.9. The first kappa shape index (κ1) is 14.0. The molecule has 19 heavy (non-hydrogen) atoms. The fraction of sp³-hybridized carbons (Fsp3) is 0.846. The topological polar surface area (TPSA) is 46.2 Å². The van der Waals surface area contributed by atoms with E-state index >= 15 is 0 Å². The summed E-state index contributed by atoms with van der Waals surface area (Å²) in [5.41, 5.74) is 0. The Hall–Kier alpha value is 0.0200. The van der Waals surface area contributed by atoms with Gasteiger partial charge in [-0.25, -0.2) is 0 Å². The third-order valence-electron chi connectivity index (χ3n) is 3.45. The van der Waals surface area contributed by atoms with E-state index in [1.54, 1.807) is 4.99 Å². The molecule has 3 heterocycles. The van der Waals surface area contributed by atoms with Gasteiger partial charge in [0.2, 0.25) is 0 Å². The van der Waals surface area contributed by atoms with Crippen LogP contribution in [-0.2, 0) is 23.7 Å². The zero-order chi connectivity index (χ0) is 13.8. The molecule has 0 N–H and O–H groups in total. The number of hydrogen-bond donors (Lipinski definition) is 0. The van der Waals surface area contributed by atoms with Crippen LogP contribution in [0.1, 0.15) is 27.7 Å². The number of halogens is 1. The monoisotopic (exact) mass is 334 g/mol. The van der Waals surface area contributed by atoms with Crippen molar-refractivity contribution in [1.82, 2.24) is 0 Å². The molecule has 108 valence electrons. The lowest BCUT2D eigenvalue weighted by Gasteiger charge is -2.35. The third kappa shape index (κ3) is 2.50. The van der Waals surface area contributed by atoms with E-state index in [2.05, 4.69) is 15.9 Å². The van der Waals surface area contributed by atoms with Crippen LogP contribution in [0, 0.1) is 0 Å². The maximum absolute atomic E-state index is 5.98. The van der Waals surface area contributed by atoms with Crippen LogP contribution in [0.2, 0.25) is 0 Å². The van der Waals surface area contributed by atoms with E-state index in [0.29, 0.717) is 0 Å². The van der Waals surface area contributed by atoms with Crippen LogP contribution in [0.15, 0.2) is 11.1 Å². The molecule has 0 aromatic heterocycles. The van der Waals surface area contributed by atoms with Gasteiger partial charge in [-0.05, 0) is 38.8 Å². The standard InChI is InChI=1S/C13H19BrO5/c1-12(2)16-8-7(5-6-14)15-11-10(9(8)17-12)18-13(3,4)19-11/h5-11H,1-4H3/b6-5+/t7-,8+,9+,10-,11-/m1/s1. The second kappa shape index (κ2) is 4.51. The van der Waals surface area contributed by atoms with Crippen molar-refractivity contribution in [2.75, 3.05) is 0 Å². The average Bonchev–Trinajstić information content (AvgIpc) is 2.74. The zero-order valence-electron chi connectivity index (χ0n) is 11.5. The van der Waals surface area contributed by atoms with Crippen molar-refractivity contribution < 1.29 is 23.7 Å². The molecule has 0 amide bonds. The first-order chi connectivity index (χ1) is 8.81. The highest BCUT2D eigenvalue weighted by Gasteiger charge is 2.60. The van der Waals surface area contributed by atoms with Gasteiger partial charge in [-0.3, -0.25) is 0 Å². The molecular formula is C13H19BrO5. The number of hydrogen-bond acceptors (Lipinski definition) is 5. The van der Waals surface area contributed by atoms with Crippen LogP contribution in [-0.4, -0.2) is 42.3 Å². The van der Waals surface area contributed by atoms with Gasteiger partial charge in [0.15, 0.2) is 17.9 Å². The van der Waals surface area contributed by atoms with E-state index in [0.717, 1.165) is 0 Å². The molecule has 0 aromatic carbocycles. The summed E-state index contributed by atoms with van der Waals surface area (Å²) in [5.74, 6) is -1.30. The van der Waals surface area contributed by atoms with Crippen molar-refractivity contribution in [3.05, 3.63) is 11.1 Å². The highest BCUT2D eigenvalue weighted by molar-refractivity contribution is 9.11. The van der Waals surface area contributed by atoms with Gasteiger partial charge in [0.1, 0.15) is 24.4 Å². The van der Waals surface area contributed by atoms with Gasteiger partial charge in [0.05, 0.1) is 0 Å². The third-order valence-corrected chi connectivity index (χ3v) is 3.76. The van der Waals surface area contributed by atoms with Crippen molar-refractivity contribution in [2.45, 2.75) is 70.0 Å². The molecule has 6 heteroatoms. The van der Waals surface area contributed by atoms with Gasteiger partial charge >= 0.3 is 0 Å². The van der Waals surface area contributed by atoms with E-state index in [-0.39, 0.29) is 24.4 Å². The molecule has 3 rings (SSSR count). The molecule has 0 unspecified atom stereocenters. The van der Waals surface area contributed by atoms with Crippen LogP contribution in [0.5, 0.6) is 0 Å². The van der Waals surface area contributed by atoms with E-state index in [9.17, 15) is 0 Å². The molecule has 3 aliphatic heterocycles. The van der Waals surface area contributed by atoms with Gasteiger partial charge in [-0.15, -0.1) is 0 Å². The van der Waals surface area contributed by atoms with Crippen LogP contribution >= 0.6 is 15.9 Å². The minimum absolute atomic E-state index is 0.191. The second-order valence-corrected chi connectivity index (χ2v) is 6.48. The number of fused-ring (bicyclic) bond motifs is 3. The van der Waals surface area contributed by atoms with E-state index in [4.69, 9.17) is 23.7 Å². The van der Waals surface area contributed by atoms with Crippen LogP contribution in [0.3, 0.4) is 0 Å². The summed E-state index contributed by atoms with van der Waals surface area (Å²) >= 11 is 3.28. The lowest BCUT2D eigenvalue weighted by molar-refractivity contribution is -0.222. The minimum Gasteiger partial charge on any atom is -0.342 e. The summed E-state index contributed by atoms with van der Waals surface area (Å²) in [4.78, 5) is 1.77. The first-order valence-corrected chi connectivity index (χ1v) is 7.36. The maximum atomic E-state index is 5.98. The van der Waals surface area contributed by atoms with Gasteiger partial charge < -0.3 is 23.7 Å². The summed E-state index contributed by atoms with van der Waals surface area (Å²) in [6, 6.07) is 0. The Labute approximate surface area is 121 Å². The largest absolute Gasteiger partial charge is 0.342 e. The highest BCUT2D eigenvalue weighted by Crippen LogP contribution is 2.44. The molecule has 5 atom stereocenters. The van der Waals surface area contributed by atoms with Gasteiger partial charge in [0, 0.05) is 0 Å². The zero-order valence-corrected chi connectivity index (χ0v) is 13.0. The normalized spacial score (nSPS) is 47.3. The van der Waals surface area contributed by atoms with Crippen molar-refractivity contribution in [1.29, 1.82) is 0 Å². The maximum Gasteiger partial charge on any atom is 0.190 e. The fourth-order valence-electron chi connectivity index (χ4n) is 2.87. The molecule has 0 spiro atoms. The molecule has 5 nitrogen and oxygen atoms in total. The van der Waals surface area contributed by atoms with Crippen molar-refractivity contribution >= 4 is 15.9 Å². The van der Waals surface area contributed by atoms with E-state index in [1.807, 2.05) is 33.8 Å². The van der Waals surface area contributed by atoms with Crippen LogP contribution in [0.4, 0.5) is 0 Å². The summed E-state index contributed by atoms with van der Waals surface area (Å²) < 4.78 is 29.5. The van der Waals surface area contributed by atoms with Crippen molar-refractivity contribution in [2.24, 2.45) is 0 Å². The Balaban J connectivity index is 1.88. The molecule has 0 aliphatic carbocycles. The molecule has 3 aliphatic rings.